The molecule has 0 spiro atoms. The van der Waals surface area contributed by atoms with E-state index in [0.717, 1.165) is 38.6 Å². The summed E-state index contributed by atoms with van der Waals surface area (Å²) in [5.41, 5.74) is 0.0842. The van der Waals surface area contributed by atoms with E-state index in [1.165, 1.54) is 0 Å². The Bertz CT molecular complexity index is 460. The van der Waals surface area contributed by atoms with Gasteiger partial charge in [0.15, 0.2) is 0 Å². The molecule has 1 aliphatic rings. The van der Waals surface area contributed by atoms with Crippen LogP contribution in [0.2, 0.25) is 0 Å². The Morgan fingerprint density at radius 1 is 1.37 bits per heavy atom. The molecule has 1 saturated heterocycles. The van der Waals surface area contributed by atoms with Gasteiger partial charge >= 0.3 is 0 Å². The van der Waals surface area contributed by atoms with Crippen LogP contribution >= 0.6 is 47.8 Å². The average Bonchev–Trinajstić information content (AvgIpc) is 2.40. The van der Waals surface area contributed by atoms with Crippen molar-refractivity contribution in [3.8, 4) is 5.75 Å². The van der Waals surface area contributed by atoms with Crippen molar-refractivity contribution >= 4 is 47.8 Å². The lowest BCUT2D eigenvalue weighted by Crippen LogP contribution is -2.50. The van der Waals surface area contributed by atoms with Crippen molar-refractivity contribution in [1.82, 2.24) is 0 Å². The zero-order chi connectivity index (χ0) is 14.0. The maximum atomic E-state index is 5.81. The molecule has 0 aromatic heterocycles. The van der Waals surface area contributed by atoms with Crippen molar-refractivity contribution < 1.29 is 9.47 Å². The minimum Gasteiger partial charge on any atom is -0.492 e. The number of ether oxygens (including phenoxy) is 2. The highest BCUT2D eigenvalue weighted by molar-refractivity contribution is 9.14. The summed E-state index contributed by atoms with van der Waals surface area (Å²) in [7, 11) is 0. The van der Waals surface area contributed by atoms with E-state index < -0.39 is 0 Å². The van der Waals surface area contributed by atoms with Crippen LogP contribution in [0.15, 0.2) is 25.6 Å². The normalized spacial score (nSPS) is 26.1. The van der Waals surface area contributed by atoms with Crippen molar-refractivity contribution in [2.24, 2.45) is 5.41 Å². The zero-order valence-corrected chi connectivity index (χ0v) is 15.5. The molecule has 0 N–H and O–H groups in total. The average molecular weight is 456 g/mol. The first kappa shape index (κ1) is 15.8. The molecule has 105 valence electrons. The van der Waals surface area contributed by atoms with Gasteiger partial charge in [-0.25, -0.2) is 0 Å². The van der Waals surface area contributed by atoms with Gasteiger partial charge in [-0.05, 0) is 73.3 Å². The van der Waals surface area contributed by atoms with Crippen molar-refractivity contribution in [2.45, 2.75) is 25.9 Å². The van der Waals surface area contributed by atoms with Crippen LogP contribution < -0.4 is 4.74 Å². The smallest absolute Gasteiger partial charge is 0.134 e. The molecule has 2 atom stereocenters. The maximum Gasteiger partial charge on any atom is 0.134 e. The SMILES string of the molecule is [CH2]C1(CC)COC1CCOc1ccc(Br)c(Br)c1Br. The van der Waals surface area contributed by atoms with Gasteiger partial charge in [0.25, 0.3) is 0 Å². The molecule has 5 heteroatoms. The van der Waals surface area contributed by atoms with E-state index in [0.29, 0.717) is 6.61 Å². The molecule has 0 amide bonds. The molecule has 1 aromatic carbocycles. The molecule has 19 heavy (non-hydrogen) atoms. The lowest BCUT2D eigenvalue weighted by Gasteiger charge is -2.46. The van der Waals surface area contributed by atoms with E-state index >= 15 is 0 Å². The predicted octanol–water partition coefficient (Wildman–Crippen LogP) is 5.37. The second-order valence-electron chi connectivity index (χ2n) is 4.83. The van der Waals surface area contributed by atoms with Crippen molar-refractivity contribution in [1.29, 1.82) is 0 Å². The molecule has 1 fully saturated rings. The highest BCUT2D eigenvalue weighted by Crippen LogP contribution is 2.40. The van der Waals surface area contributed by atoms with Crippen molar-refractivity contribution in [3.63, 3.8) is 0 Å². The number of benzene rings is 1. The number of halogens is 3. The quantitative estimate of drug-likeness (QED) is 0.555. The van der Waals surface area contributed by atoms with Crippen LogP contribution in [-0.2, 0) is 4.74 Å². The highest BCUT2D eigenvalue weighted by Gasteiger charge is 2.42. The monoisotopic (exact) mass is 453 g/mol. The fourth-order valence-corrected chi connectivity index (χ4v) is 3.44. The van der Waals surface area contributed by atoms with Gasteiger partial charge in [0.05, 0.1) is 23.8 Å². The Morgan fingerprint density at radius 3 is 2.68 bits per heavy atom. The number of hydrogen-bond donors (Lipinski definition) is 0. The molecule has 1 aromatic rings. The van der Waals surface area contributed by atoms with E-state index in [1.54, 1.807) is 0 Å². The molecular formula is C14H16Br3O2. The lowest BCUT2D eigenvalue weighted by molar-refractivity contribution is -0.169. The summed E-state index contributed by atoms with van der Waals surface area (Å²) in [4.78, 5) is 0. The third-order valence-corrected chi connectivity index (χ3v) is 6.93. The van der Waals surface area contributed by atoms with Gasteiger partial charge in [-0.2, -0.15) is 0 Å². The molecule has 0 saturated carbocycles. The maximum absolute atomic E-state index is 5.81. The summed E-state index contributed by atoms with van der Waals surface area (Å²) in [5.74, 6) is 0.834. The van der Waals surface area contributed by atoms with E-state index in [2.05, 4.69) is 61.6 Å². The minimum atomic E-state index is 0.0842. The molecule has 2 nitrogen and oxygen atoms in total. The van der Waals surface area contributed by atoms with Gasteiger partial charge in [-0.3, -0.25) is 0 Å². The summed E-state index contributed by atoms with van der Waals surface area (Å²) in [5, 5.41) is 0. The molecule has 2 rings (SSSR count). The summed E-state index contributed by atoms with van der Waals surface area (Å²) in [6, 6.07) is 3.90. The fourth-order valence-electron chi connectivity index (χ4n) is 2.05. The van der Waals surface area contributed by atoms with Crippen LogP contribution in [0.1, 0.15) is 19.8 Å². The third kappa shape index (κ3) is 3.36. The van der Waals surface area contributed by atoms with Crippen molar-refractivity contribution in [2.75, 3.05) is 13.2 Å². The van der Waals surface area contributed by atoms with Gasteiger partial charge in [-0.1, -0.05) is 6.92 Å². The first-order chi connectivity index (χ1) is 8.98. The number of rotatable bonds is 5. The van der Waals surface area contributed by atoms with Crippen LogP contribution in [0.4, 0.5) is 0 Å². The summed E-state index contributed by atoms with van der Waals surface area (Å²) in [6.45, 7) is 7.80. The first-order valence-electron chi connectivity index (χ1n) is 6.21. The topological polar surface area (TPSA) is 18.5 Å². The third-order valence-electron chi connectivity index (χ3n) is 3.60. The van der Waals surface area contributed by atoms with E-state index in [1.807, 2.05) is 12.1 Å². The van der Waals surface area contributed by atoms with E-state index in [9.17, 15) is 0 Å². The van der Waals surface area contributed by atoms with E-state index in [4.69, 9.17) is 9.47 Å². The second-order valence-corrected chi connectivity index (χ2v) is 7.27. The standard InChI is InChI=1S/C14H16Br3O2/c1-3-14(2)8-19-11(14)6-7-18-10-5-4-9(15)12(16)13(10)17/h4-5,11H,2-3,6-8H2,1H3. The van der Waals surface area contributed by atoms with Crippen molar-refractivity contribution in [3.05, 3.63) is 32.5 Å². The van der Waals surface area contributed by atoms with Gasteiger partial charge in [-0.15, -0.1) is 0 Å². The van der Waals surface area contributed by atoms with Gasteiger partial charge in [0.1, 0.15) is 5.75 Å². The van der Waals surface area contributed by atoms with E-state index in [-0.39, 0.29) is 11.5 Å². The molecule has 2 unspecified atom stereocenters. The molecular weight excluding hydrogens is 440 g/mol. The van der Waals surface area contributed by atoms with Crippen LogP contribution in [0.25, 0.3) is 0 Å². The Labute approximate surface area is 139 Å². The van der Waals surface area contributed by atoms with Gasteiger partial charge in [0.2, 0.25) is 0 Å². The summed E-state index contributed by atoms with van der Waals surface area (Å²) in [6.07, 6.45) is 2.14. The Hall–Kier alpha value is 0.420. The fraction of sp³-hybridized carbons (Fsp3) is 0.500. The molecule has 1 radical (unpaired) electrons. The lowest BCUT2D eigenvalue weighted by atomic mass is 9.76. The van der Waals surface area contributed by atoms with Gasteiger partial charge in [0, 0.05) is 20.8 Å². The van der Waals surface area contributed by atoms with Crippen LogP contribution in [0, 0.1) is 12.3 Å². The summed E-state index contributed by atoms with van der Waals surface area (Å²) >= 11 is 10.5. The zero-order valence-electron chi connectivity index (χ0n) is 10.7. The second kappa shape index (κ2) is 6.46. The van der Waals surface area contributed by atoms with Crippen LogP contribution in [0.3, 0.4) is 0 Å². The molecule has 0 aliphatic carbocycles. The van der Waals surface area contributed by atoms with Gasteiger partial charge < -0.3 is 9.47 Å². The molecule has 0 bridgehead atoms. The molecule has 1 heterocycles. The highest BCUT2D eigenvalue weighted by atomic mass is 79.9. The van der Waals surface area contributed by atoms with Crippen LogP contribution in [-0.4, -0.2) is 19.3 Å². The Morgan fingerprint density at radius 2 is 2.11 bits per heavy atom. The Kier molecular flexibility index (Phi) is 5.37. The summed E-state index contributed by atoms with van der Waals surface area (Å²) < 4.78 is 14.3. The Balaban J connectivity index is 1.89. The minimum absolute atomic E-state index is 0.0842. The number of hydrogen-bond acceptors (Lipinski definition) is 2. The largest absolute Gasteiger partial charge is 0.492 e. The van der Waals surface area contributed by atoms with Crippen LogP contribution in [0.5, 0.6) is 5.75 Å². The first-order valence-corrected chi connectivity index (χ1v) is 8.59. The molecule has 1 aliphatic heterocycles. The predicted molar refractivity (Wildman–Crippen MR) is 87.5 cm³/mol.